The second-order valence-electron chi connectivity index (χ2n) is 9.49. The average Bonchev–Trinajstić information content (AvgIpc) is 3.55. The van der Waals surface area contributed by atoms with Gasteiger partial charge in [0.25, 0.3) is 5.56 Å². The summed E-state index contributed by atoms with van der Waals surface area (Å²) in [4.78, 5) is 43.3. The van der Waals surface area contributed by atoms with Gasteiger partial charge in [0, 0.05) is 11.6 Å². The van der Waals surface area contributed by atoms with Crippen LogP contribution < -0.4 is 24.7 Å². The zero-order chi connectivity index (χ0) is 30.0. The van der Waals surface area contributed by atoms with Gasteiger partial charge in [-0.1, -0.05) is 48.3 Å². The number of carbonyl (C=O) groups excluding carboxylic acids is 2. The molecule has 0 amide bonds. The maximum absolute atomic E-state index is 13.9. The van der Waals surface area contributed by atoms with Gasteiger partial charge in [0.05, 0.1) is 34.4 Å². The molecule has 1 atom stereocenters. The topological polar surface area (TPSA) is 123 Å². The Morgan fingerprint density at radius 1 is 1.14 bits per heavy atom. The van der Waals surface area contributed by atoms with Crippen LogP contribution in [0.3, 0.4) is 0 Å². The summed E-state index contributed by atoms with van der Waals surface area (Å²) in [5.74, 6) is -0.356. The number of ether oxygens (including phenoxy) is 2. The molecule has 5 rings (SSSR count). The normalized spacial score (nSPS) is 14.7. The van der Waals surface area contributed by atoms with E-state index in [1.165, 1.54) is 28.0 Å². The van der Waals surface area contributed by atoms with Gasteiger partial charge in [0.2, 0.25) is 0 Å². The highest BCUT2D eigenvalue weighted by molar-refractivity contribution is 7.07. The number of benzene rings is 2. The van der Waals surface area contributed by atoms with Gasteiger partial charge in [-0.05, 0) is 67.8 Å². The molecule has 0 aliphatic carbocycles. The lowest BCUT2D eigenvalue weighted by Crippen LogP contribution is -2.39. The average molecular weight is 584 g/mol. The zero-order valence-electron chi connectivity index (χ0n) is 23.2. The molecule has 0 fully saturated rings. The summed E-state index contributed by atoms with van der Waals surface area (Å²) < 4.78 is 18.8. The van der Waals surface area contributed by atoms with Crippen LogP contribution in [0, 0.1) is 6.92 Å². The smallest absolute Gasteiger partial charge is 0.338 e. The second-order valence-corrected chi connectivity index (χ2v) is 10.5. The summed E-state index contributed by atoms with van der Waals surface area (Å²) in [6, 6.07) is 14.5. The first kappa shape index (κ1) is 28.6. The molecule has 0 bridgehead atoms. The van der Waals surface area contributed by atoms with Crippen molar-refractivity contribution in [3.63, 3.8) is 0 Å². The molecule has 0 N–H and O–H groups in total. The Morgan fingerprint density at radius 3 is 2.60 bits per heavy atom. The lowest BCUT2D eigenvalue weighted by molar-refractivity contribution is -0.255. The van der Waals surface area contributed by atoms with E-state index in [4.69, 9.17) is 13.9 Å². The number of hydrogen-bond acceptors (Lipinski definition) is 9. The number of aryl methyl sites for hydroxylation is 1. The summed E-state index contributed by atoms with van der Waals surface area (Å²) in [7, 11) is 0. The Labute approximate surface area is 245 Å². The summed E-state index contributed by atoms with van der Waals surface area (Å²) in [6.45, 7) is 9.46. The summed E-state index contributed by atoms with van der Waals surface area (Å²) >= 11 is 1.18. The SMILES string of the molecule is C=CCOc1ccc([C@@H]2C(C(=O)OCC)=C(C)N=c3s/c(=C\c4ccc(-c5cc(C(=O)[O-])ccc5C)o4)c(=O)n32)cc1. The van der Waals surface area contributed by atoms with E-state index in [9.17, 15) is 19.5 Å². The van der Waals surface area contributed by atoms with E-state index in [1.54, 1.807) is 68.5 Å². The van der Waals surface area contributed by atoms with Crippen LogP contribution in [0.15, 0.2) is 92.7 Å². The van der Waals surface area contributed by atoms with Crippen LogP contribution in [0.5, 0.6) is 5.75 Å². The van der Waals surface area contributed by atoms with E-state index in [0.29, 0.717) is 50.0 Å². The fourth-order valence-corrected chi connectivity index (χ4v) is 5.75. The minimum absolute atomic E-state index is 0.0370. The van der Waals surface area contributed by atoms with Gasteiger partial charge in [0.1, 0.15) is 23.9 Å². The second kappa shape index (κ2) is 11.9. The number of aromatic carboxylic acids is 1. The molecule has 0 saturated carbocycles. The molecule has 9 nitrogen and oxygen atoms in total. The minimum Gasteiger partial charge on any atom is -0.545 e. The van der Waals surface area contributed by atoms with Gasteiger partial charge in [-0.3, -0.25) is 9.36 Å². The van der Waals surface area contributed by atoms with Crippen LogP contribution in [0.25, 0.3) is 17.4 Å². The van der Waals surface area contributed by atoms with E-state index in [0.717, 1.165) is 5.56 Å². The lowest BCUT2D eigenvalue weighted by Gasteiger charge is -2.24. The molecule has 2 aromatic heterocycles. The number of carboxylic acid groups (broad SMARTS) is 1. The molecule has 4 aromatic rings. The largest absolute Gasteiger partial charge is 0.545 e. The van der Waals surface area contributed by atoms with E-state index in [2.05, 4.69) is 11.6 Å². The molecular formula is C32H27N2O7S-. The molecule has 3 heterocycles. The first-order chi connectivity index (χ1) is 20.2. The number of nitrogens with zero attached hydrogens (tertiary/aromatic N) is 2. The molecule has 42 heavy (non-hydrogen) atoms. The van der Waals surface area contributed by atoms with Crippen molar-refractivity contribution in [3.8, 4) is 17.1 Å². The number of furan rings is 1. The van der Waals surface area contributed by atoms with Crippen LogP contribution in [0.4, 0.5) is 0 Å². The van der Waals surface area contributed by atoms with Gasteiger partial charge >= 0.3 is 5.97 Å². The van der Waals surface area contributed by atoms with E-state index >= 15 is 0 Å². The molecule has 10 heteroatoms. The van der Waals surface area contributed by atoms with Gasteiger partial charge in [-0.15, -0.1) is 0 Å². The zero-order valence-corrected chi connectivity index (χ0v) is 24.0. The maximum Gasteiger partial charge on any atom is 0.338 e. The first-order valence-electron chi connectivity index (χ1n) is 13.2. The van der Waals surface area contributed by atoms with Gasteiger partial charge in [-0.2, -0.15) is 0 Å². The third kappa shape index (κ3) is 5.48. The molecule has 1 aliphatic rings. The van der Waals surface area contributed by atoms with Crippen LogP contribution >= 0.6 is 11.3 Å². The van der Waals surface area contributed by atoms with Crippen molar-refractivity contribution in [1.82, 2.24) is 4.57 Å². The number of aromatic nitrogens is 1. The van der Waals surface area contributed by atoms with E-state index in [-0.39, 0.29) is 23.3 Å². The van der Waals surface area contributed by atoms with Crippen molar-refractivity contribution in [2.75, 3.05) is 13.2 Å². The number of carbonyl (C=O) groups is 2. The molecule has 0 spiro atoms. The van der Waals surface area contributed by atoms with Gasteiger partial charge in [-0.25, -0.2) is 9.79 Å². The third-order valence-electron chi connectivity index (χ3n) is 6.72. The summed E-state index contributed by atoms with van der Waals surface area (Å²) in [6.07, 6.45) is 3.25. The van der Waals surface area contributed by atoms with Crippen molar-refractivity contribution in [2.24, 2.45) is 4.99 Å². The van der Waals surface area contributed by atoms with Crippen molar-refractivity contribution in [1.29, 1.82) is 0 Å². The number of hydrogen-bond donors (Lipinski definition) is 0. The van der Waals surface area contributed by atoms with Crippen LogP contribution in [0.2, 0.25) is 0 Å². The van der Waals surface area contributed by atoms with Crippen LogP contribution in [-0.2, 0) is 9.53 Å². The predicted molar refractivity (Wildman–Crippen MR) is 156 cm³/mol. The predicted octanol–water partition coefficient (Wildman–Crippen LogP) is 3.30. The number of fused-ring (bicyclic) bond motifs is 1. The number of rotatable bonds is 9. The van der Waals surface area contributed by atoms with E-state index < -0.39 is 18.0 Å². The van der Waals surface area contributed by atoms with Gasteiger partial charge < -0.3 is 23.8 Å². The third-order valence-corrected chi connectivity index (χ3v) is 7.70. The molecule has 0 radical (unpaired) electrons. The Balaban J connectivity index is 1.60. The molecular weight excluding hydrogens is 556 g/mol. The van der Waals surface area contributed by atoms with Crippen LogP contribution in [-0.4, -0.2) is 29.7 Å². The van der Waals surface area contributed by atoms with E-state index in [1.807, 2.05) is 6.92 Å². The Morgan fingerprint density at radius 2 is 1.90 bits per heavy atom. The highest BCUT2D eigenvalue weighted by Gasteiger charge is 2.33. The Kier molecular flexibility index (Phi) is 8.08. The first-order valence-corrected chi connectivity index (χ1v) is 14.0. The maximum atomic E-state index is 13.9. The summed E-state index contributed by atoms with van der Waals surface area (Å²) in [5.41, 5.74) is 2.54. The molecule has 2 aromatic carbocycles. The summed E-state index contributed by atoms with van der Waals surface area (Å²) in [5, 5.41) is 11.4. The lowest BCUT2D eigenvalue weighted by atomic mass is 9.96. The highest BCUT2D eigenvalue weighted by atomic mass is 32.1. The number of esters is 1. The van der Waals surface area contributed by atoms with Crippen molar-refractivity contribution in [2.45, 2.75) is 26.8 Å². The highest BCUT2D eigenvalue weighted by Crippen LogP contribution is 2.32. The van der Waals surface area contributed by atoms with Crippen LogP contribution in [0.1, 0.15) is 47.1 Å². The Hall–Kier alpha value is -4.96. The molecule has 1 aliphatic heterocycles. The van der Waals surface area contributed by atoms with Crippen molar-refractivity contribution < 1.29 is 28.6 Å². The molecule has 214 valence electrons. The van der Waals surface area contributed by atoms with Crippen molar-refractivity contribution >= 4 is 29.4 Å². The number of allylic oxidation sites excluding steroid dienone is 1. The fraction of sp³-hybridized carbons (Fsp3) is 0.188. The number of thiazole rings is 1. The Bertz CT molecular complexity index is 1910. The number of carboxylic acids is 1. The monoisotopic (exact) mass is 583 g/mol. The van der Waals surface area contributed by atoms with Crippen molar-refractivity contribution in [3.05, 3.63) is 121 Å². The quantitative estimate of drug-likeness (QED) is 0.219. The fourth-order valence-electron chi connectivity index (χ4n) is 4.73. The van der Waals surface area contributed by atoms with Gasteiger partial charge in [0.15, 0.2) is 4.80 Å². The molecule has 0 saturated heterocycles. The minimum atomic E-state index is -1.28. The standard InChI is InChI=1S/C32H28N2O7S/c1-5-15-40-22-11-9-20(10-12-22)28-27(31(38)39-6-2)19(4)33-32-34(28)29(35)26(42-32)17-23-13-14-25(41-23)24-16-21(30(36)37)8-7-18(24)3/h5,7-14,16-17,28H,1,6,15H2,2-4H3,(H,36,37)/p-1/b26-17-/t28-/m1/s1. The molecule has 0 unspecified atom stereocenters.